The Labute approximate surface area is 113 Å². The summed E-state index contributed by atoms with van der Waals surface area (Å²) >= 11 is 0. The van der Waals surface area contributed by atoms with Crippen molar-refractivity contribution in [2.75, 3.05) is 5.73 Å². The summed E-state index contributed by atoms with van der Waals surface area (Å²) in [5.41, 5.74) is 6.48. The van der Waals surface area contributed by atoms with Crippen molar-refractivity contribution in [2.45, 2.75) is 44.4 Å². The lowest BCUT2D eigenvalue weighted by Gasteiger charge is -2.12. The van der Waals surface area contributed by atoms with Crippen LogP contribution >= 0.6 is 0 Å². The third-order valence-electron chi connectivity index (χ3n) is 2.97. The Bertz CT molecular complexity index is 579. The lowest BCUT2D eigenvalue weighted by molar-refractivity contribution is 0.101. The molecule has 0 fully saturated rings. The van der Waals surface area contributed by atoms with Crippen LogP contribution in [0.2, 0.25) is 0 Å². The average Bonchev–Trinajstić information content (AvgIpc) is 2.27. The minimum Gasteiger partial charge on any atom is -0.397 e. The second-order valence-electron chi connectivity index (χ2n) is 4.50. The molecule has 0 spiro atoms. The van der Waals surface area contributed by atoms with Crippen molar-refractivity contribution < 1.29 is 17.8 Å². The van der Waals surface area contributed by atoms with Gasteiger partial charge in [0, 0.05) is 5.56 Å². The molecule has 19 heavy (non-hydrogen) atoms. The van der Waals surface area contributed by atoms with Gasteiger partial charge in [-0.1, -0.05) is 25.8 Å². The number of anilines is 1. The summed E-state index contributed by atoms with van der Waals surface area (Å²) in [4.78, 5) is 11.2. The molecule has 1 rings (SSSR count). The van der Waals surface area contributed by atoms with E-state index in [1.165, 1.54) is 13.0 Å². The van der Waals surface area contributed by atoms with E-state index in [1.54, 1.807) is 6.07 Å². The first-order valence-electron chi connectivity index (χ1n) is 6.18. The van der Waals surface area contributed by atoms with Gasteiger partial charge in [-0.15, -0.1) is 0 Å². The second kappa shape index (κ2) is 6.16. The fourth-order valence-electron chi connectivity index (χ4n) is 2.06. The van der Waals surface area contributed by atoms with Crippen LogP contribution in [0.3, 0.4) is 0 Å². The van der Waals surface area contributed by atoms with Crippen molar-refractivity contribution in [1.82, 2.24) is 0 Å². The third kappa shape index (κ3) is 3.78. The van der Waals surface area contributed by atoms with Gasteiger partial charge in [0.25, 0.3) is 10.1 Å². The summed E-state index contributed by atoms with van der Waals surface area (Å²) < 4.78 is 31.4. The maximum absolute atomic E-state index is 11.6. The third-order valence-corrected chi connectivity index (χ3v) is 3.88. The molecule has 3 N–H and O–H groups in total. The highest BCUT2D eigenvalue weighted by molar-refractivity contribution is 7.86. The summed E-state index contributed by atoms with van der Waals surface area (Å²) in [6.45, 7) is 3.41. The molecule has 0 heterocycles. The molecule has 0 aliphatic rings. The van der Waals surface area contributed by atoms with E-state index >= 15 is 0 Å². The number of hydrogen-bond acceptors (Lipinski definition) is 4. The van der Waals surface area contributed by atoms with Gasteiger partial charge in [0.1, 0.15) is 4.90 Å². The molecule has 6 heteroatoms. The number of unbranched alkanes of at least 4 members (excludes halogenated alkanes) is 2. The zero-order chi connectivity index (χ0) is 14.6. The van der Waals surface area contributed by atoms with E-state index in [9.17, 15) is 13.2 Å². The molecule has 0 unspecified atom stereocenters. The van der Waals surface area contributed by atoms with Crippen LogP contribution in [-0.4, -0.2) is 18.8 Å². The molecule has 0 bridgehead atoms. The highest BCUT2D eigenvalue weighted by Gasteiger charge is 2.21. The SMILES string of the molecule is CCCCCc1ccc(S(=O)(=O)O)c(N)c1C(C)=O. The summed E-state index contributed by atoms with van der Waals surface area (Å²) in [6, 6.07) is 2.80. The van der Waals surface area contributed by atoms with Crippen molar-refractivity contribution in [3.05, 3.63) is 23.3 Å². The molecular formula is C13H19NO4S. The van der Waals surface area contributed by atoms with Crippen LogP contribution in [-0.2, 0) is 16.5 Å². The summed E-state index contributed by atoms with van der Waals surface area (Å²) in [5.74, 6) is -0.297. The molecule has 1 aromatic rings. The first kappa shape index (κ1) is 15.7. The molecule has 0 saturated heterocycles. The Kier molecular flexibility index (Phi) is 5.08. The highest BCUT2D eigenvalue weighted by Crippen LogP contribution is 2.27. The van der Waals surface area contributed by atoms with E-state index in [1.807, 2.05) is 0 Å². The zero-order valence-corrected chi connectivity index (χ0v) is 12.0. The molecule has 0 amide bonds. The highest BCUT2D eigenvalue weighted by atomic mass is 32.2. The number of nitrogens with two attached hydrogens (primary N) is 1. The molecule has 106 valence electrons. The fraction of sp³-hybridized carbons (Fsp3) is 0.462. The fourth-order valence-corrected chi connectivity index (χ4v) is 2.68. The van der Waals surface area contributed by atoms with Crippen LogP contribution in [0.1, 0.15) is 49.0 Å². The standard InChI is InChI=1S/C13H19NO4S/c1-3-4-5-6-10-7-8-11(19(16,17)18)13(14)12(10)9(2)15/h7-8H,3-6,14H2,1-2H3,(H,16,17,18). The van der Waals surface area contributed by atoms with E-state index in [0.717, 1.165) is 24.8 Å². The quantitative estimate of drug-likeness (QED) is 0.362. The lowest BCUT2D eigenvalue weighted by atomic mass is 9.97. The molecule has 0 aromatic heterocycles. The Hall–Kier alpha value is -1.40. The average molecular weight is 285 g/mol. The van der Waals surface area contributed by atoms with Gasteiger partial charge in [-0.05, 0) is 31.4 Å². The minimum atomic E-state index is -4.41. The number of nitrogen functional groups attached to an aromatic ring is 1. The van der Waals surface area contributed by atoms with Crippen molar-refractivity contribution >= 4 is 21.6 Å². The smallest absolute Gasteiger partial charge is 0.296 e. The van der Waals surface area contributed by atoms with Gasteiger partial charge < -0.3 is 5.73 Å². The van der Waals surface area contributed by atoms with Crippen LogP contribution in [0.4, 0.5) is 5.69 Å². The van der Waals surface area contributed by atoms with Gasteiger partial charge in [-0.3, -0.25) is 9.35 Å². The molecule has 0 atom stereocenters. The molecule has 0 aliphatic heterocycles. The van der Waals surface area contributed by atoms with E-state index in [2.05, 4.69) is 6.92 Å². The number of aryl methyl sites for hydroxylation is 1. The maximum Gasteiger partial charge on any atom is 0.296 e. The number of hydrogen-bond donors (Lipinski definition) is 2. The van der Waals surface area contributed by atoms with Crippen LogP contribution in [0.25, 0.3) is 0 Å². The molecule has 1 aromatic carbocycles. The largest absolute Gasteiger partial charge is 0.397 e. The van der Waals surface area contributed by atoms with Crippen LogP contribution in [0.15, 0.2) is 17.0 Å². The van der Waals surface area contributed by atoms with Gasteiger partial charge in [0.05, 0.1) is 5.69 Å². The van der Waals surface area contributed by atoms with E-state index in [-0.39, 0.29) is 17.0 Å². The number of carbonyl (C=O) groups is 1. The normalized spacial score (nSPS) is 11.5. The maximum atomic E-state index is 11.6. The predicted molar refractivity (Wildman–Crippen MR) is 73.9 cm³/mol. The first-order chi connectivity index (χ1) is 8.79. The second-order valence-corrected chi connectivity index (χ2v) is 5.89. The first-order valence-corrected chi connectivity index (χ1v) is 7.62. The predicted octanol–water partition coefficient (Wildman–Crippen LogP) is 2.45. The van der Waals surface area contributed by atoms with E-state index < -0.39 is 15.0 Å². The molecule has 5 nitrogen and oxygen atoms in total. The molecular weight excluding hydrogens is 266 g/mol. The number of ketones is 1. The topological polar surface area (TPSA) is 97.5 Å². The Morgan fingerprint density at radius 2 is 1.95 bits per heavy atom. The Morgan fingerprint density at radius 3 is 2.42 bits per heavy atom. The van der Waals surface area contributed by atoms with E-state index in [0.29, 0.717) is 6.42 Å². The number of rotatable bonds is 6. The van der Waals surface area contributed by atoms with Crippen LogP contribution < -0.4 is 5.73 Å². The minimum absolute atomic E-state index is 0.163. The van der Waals surface area contributed by atoms with Crippen molar-refractivity contribution in [3.8, 4) is 0 Å². The summed E-state index contributed by atoms with van der Waals surface area (Å²) in [5, 5.41) is 0. The summed E-state index contributed by atoms with van der Waals surface area (Å²) in [7, 11) is -4.41. The molecule has 0 saturated carbocycles. The number of benzene rings is 1. The zero-order valence-electron chi connectivity index (χ0n) is 11.1. The van der Waals surface area contributed by atoms with Crippen LogP contribution in [0, 0.1) is 0 Å². The number of carbonyl (C=O) groups excluding carboxylic acids is 1. The van der Waals surface area contributed by atoms with Gasteiger partial charge in [0.2, 0.25) is 0 Å². The Balaban J connectivity index is 3.29. The van der Waals surface area contributed by atoms with Gasteiger partial charge in [-0.25, -0.2) is 0 Å². The van der Waals surface area contributed by atoms with Gasteiger partial charge >= 0.3 is 0 Å². The van der Waals surface area contributed by atoms with Crippen molar-refractivity contribution in [3.63, 3.8) is 0 Å². The monoisotopic (exact) mass is 285 g/mol. The van der Waals surface area contributed by atoms with Crippen LogP contribution in [0.5, 0.6) is 0 Å². The van der Waals surface area contributed by atoms with Crippen molar-refractivity contribution in [1.29, 1.82) is 0 Å². The Morgan fingerprint density at radius 1 is 1.32 bits per heavy atom. The van der Waals surface area contributed by atoms with Gasteiger partial charge in [0.15, 0.2) is 5.78 Å². The number of Topliss-reactive ketones (excluding diaryl/α,β-unsaturated/α-hetero) is 1. The molecule has 0 radical (unpaired) electrons. The van der Waals surface area contributed by atoms with E-state index in [4.69, 9.17) is 10.3 Å². The lowest BCUT2D eigenvalue weighted by Crippen LogP contribution is -2.11. The van der Waals surface area contributed by atoms with Crippen molar-refractivity contribution in [2.24, 2.45) is 0 Å². The van der Waals surface area contributed by atoms with Gasteiger partial charge in [-0.2, -0.15) is 8.42 Å². The molecule has 0 aliphatic carbocycles. The summed E-state index contributed by atoms with van der Waals surface area (Å²) in [6.07, 6.45) is 3.64.